The first kappa shape index (κ1) is 47.1. The van der Waals surface area contributed by atoms with Crippen LogP contribution in [0, 0.1) is 36.0 Å². The SMILES string of the molecule is C#CC#CC#CC(=O)OC[C@H](COP(=O)(O)OC1CCC(OP(=O)(O)O)[C@@H](O)[C@H]1O)OC(=O)CCCCCCCCCCCCCCC.S.[HH].[HH].[HH].[HH].[HH].[HH].[HH].[HH]. The van der Waals surface area contributed by atoms with E-state index in [0.717, 1.165) is 25.7 Å². The van der Waals surface area contributed by atoms with Crippen molar-refractivity contribution in [3.05, 3.63) is 0 Å². The van der Waals surface area contributed by atoms with E-state index in [1.807, 2.05) is 5.92 Å². The van der Waals surface area contributed by atoms with Crippen LogP contribution < -0.4 is 0 Å². The van der Waals surface area contributed by atoms with E-state index in [4.69, 9.17) is 34.7 Å². The van der Waals surface area contributed by atoms with Crippen molar-refractivity contribution in [1.29, 1.82) is 0 Å². The lowest BCUT2D eigenvalue weighted by Crippen LogP contribution is -2.50. The van der Waals surface area contributed by atoms with Crippen molar-refractivity contribution in [3.8, 4) is 36.0 Å². The van der Waals surface area contributed by atoms with Gasteiger partial charge in [0.15, 0.2) is 6.10 Å². The number of aliphatic hydroxyl groups excluding tert-OH is 2. The standard InChI is InChI=1S/C32H50O14P2.H2S.8H2/c1-3-5-7-9-10-11-12-13-14-15-16-17-19-21-30(34)44-26(24-42-29(33)20-18-8-6-4-2)25-43-48(40,41)46-28-23-22-27(31(35)32(28)36)45-47(37,38)39;;;;;;;;;/h2,26-28,31-32,35-36H,3,5,7,9-17,19,21-25H2,1H3,(H,40,41)(H2,37,38,39);1H2;8*1H/t26-,27?,28?,31-,32+;;;;;;;;;/m1........./s1. The van der Waals surface area contributed by atoms with E-state index in [-0.39, 0.29) is 44.2 Å². The van der Waals surface area contributed by atoms with Gasteiger partial charge in [-0.1, -0.05) is 84.0 Å². The van der Waals surface area contributed by atoms with Gasteiger partial charge < -0.3 is 34.4 Å². The van der Waals surface area contributed by atoms with Crippen LogP contribution in [0.1, 0.15) is 121 Å². The Morgan fingerprint density at radius 3 is 1.82 bits per heavy atom. The second-order valence-corrected chi connectivity index (χ2v) is 14.0. The second-order valence-electron chi connectivity index (χ2n) is 11.4. The number of phosphoric acid groups is 2. The van der Waals surface area contributed by atoms with Crippen LogP contribution in [-0.2, 0) is 41.8 Å². The fourth-order valence-electron chi connectivity index (χ4n) is 4.90. The number of esters is 2. The highest BCUT2D eigenvalue weighted by atomic mass is 32.1. The molecular weight excluding hydrogens is 702 g/mol. The molecule has 14 nitrogen and oxygen atoms in total. The molecule has 5 N–H and O–H groups in total. The summed E-state index contributed by atoms with van der Waals surface area (Å²) in [6.45, 7) is 0.859. The van der Waals surface area contributed by atoms with E-state index in [1.54, 1.807) is 0 Å². The van der Waals surface area contributed by atoms with E-state index < -0.39 is 71.3 Å². The summed E-state index contributed by atoms with van der Waals surface area (Å²) in [6.07, 6.45) is 11.3. The number of terminal acetylenes is 1. The molecular formula is C32H68O14P2S. The Bertz CT molecular complexity index is 1260. The van der Waals surface area contributed by atoms with Gasteiger partial charge in [-0.05, 0) is 42.9 Å². The third-order valence-electron chi connectivity index (χ3n) is 7.36. The second kappa shape index (κ2) is 26.9. The molecule has 0 heterocycles. The van der Waals surface area contributed by atoms with Gasteiger partial charge in [0.25, 0.3) is 0 Å². The zero-order chi connectivity index (χ0) is 35.8. The molecule has 0 radical (unpaired) electrons. The van der Waals surface area contributed by atoms with Gasteiger partial charge in [-0.3, -0.25) is 18.4 Å². The lowest BCUT2D eigenvalue weighted by molar-refractivity contribution is -0.159. The molecule has 0 spiro atoms. The molecule has 17 heteroatoms. The number of unbranched alkanes of at least 4 members (excludes halogenated alkanes) is 12. The topological polar surface area (TPSA) is 216 Å². The fraction of sp³-hybridized carbons (Fsp3) is 0.750. The van der Waals surface area contributed by atoms with Crippen LogP contribution in [0.4, 0.5) is 0 Å². The molecule has 1 saturated carbocycles. The Balaban J connectivity index is -0.000000366. The molecule has 6 atom stereocenters. The summed E-state index contributed by atoms with van der Waals surface area (Å²) in [5.41, 5.74) is 0. The number of ether oxygens (including phenoxy) is 2. The minimum absolute atomic E-state index is 0. The molecule has 0 saturated heterocycles. The van der Waals surface area contributed by atoms with E-state index in [2.05, 4.69) is 35.1 Å². The van der Waals surface area contributed by atoms with Crippen LogP contribution >= 0.6 is 29.1 Å². The van der Waals surface area contributed by atoms with Crippen molar-refractivity contribution in [2.75, 3.05) is 13.2 Å². The first-order chi connectivity index (χ1) is 22.8. The van der Waals surface area contributed by atoms with Crippen LogP contribution in [0.25, 0.3) is 0 Å². The molecule has 0 bridgehead atoms. The Morgan fingerprint density at radius 2 is 1.31 bits per heavy atom. The highest BCUT2D eigenvalue weighted by Gasteiger charge is 2.44. The summed E-state index contributed by atoms with van der Waals surface area (Å²) in [6, 6.07) is 0. The lowest BCUT2D eigenvalue weighted by atomic mass is 9.90. The third kappa shape index (κ3) is 24.0. The number of carbonyl (C=O) groups is 2. The molecule has 0 aromatic heterocycles. The summed E-state index contributed by atoms with van der Waals surface area (Å²) < 4.78 is 48.4. The van der Waals surface area contributed by atoms with Gasteiger partial charge in [0.1, 0.15) is 18.8 Å². The summed E-state index contributed by atoms with van der Waals surface area (Å²) in [5, 5.41) is 20.4. The predicted octanol–water partition coefficient (Wildman–Crippen LogP) is 6.14. The molecule has 0 aromatic carbocycles. The predicted molar refractivity (Wildman–Crippen MR) is 202 cm³/mol. The van der Waals surface area contributed by atoms with Crippen molar-refractivity contribution >= 4 is 41.1 Å². The third-order valence-corrected chi connectivity index (χ3v) is 8.91. The van der Waals surface area contributed by atoms with Crippen molar-refractivity contribution in [3.63, 3.8) is 0 Å². The molecule has 1 fully saturated rings. The molecule has 1 aliphatic carbocycles. The van der Waals surface area contributed by atoms with Gasteiger partial charge in [0.05, 0.1) is 18.8 Å². The zero-order valence-corrected chi connectivity index (χ0v) is 30.8. The van der Waals surface area contributed by atoms with Gasteiger partial charge in [-0.2, -0.15) is 13.5 Å². The molecule has 1 aliphatic rings. The van der Waals surface area contributed by atoms with Crippen LogP contribution in [0.5, 0.6) is 0 Å². The molecule has 296 valence electrons. The number of phosphoric ester groups is 2. The fourth-order valence-corrected chi connectivity index (χ4v) is 6.47. The smallest absolute Gasteiger partial charge is 0.456 e. The van der Waals surface area contributed by atoms with Gasteiger partial charge in [-0.15, -0.1) is 6.42 Å². The number of aliphatic hydroxyl groups is 2. The quantitative estimate of drug-likeness (QED) is 0.0245. The number of hydrogen-bond donors (Lipinski definition) is 5. The van der Waals surface area contributed by atoms with Crippen LogP contribution in [0.15, 0.2) is 0 Å². The highest BCUT2D eigenvalue weighted by molar-refractivity contribution is 7.59. The van der Waals surface area contributed by atoms with Crippen molar-refractivity contribution < 1.29 is 78.1 Å². The Labute approximate surface area is 308 Å². The van der Waals surface area contributed by atoms with Crippen molar-refractivity contribution in [2.24, 2.45) is 0 Å². The first-order valence-corrected chi connectivity index (χ1v) is 19.4. The summed E-state index contributed by atoms with van der Waals surface area (Å²) in [7, 11) is -9.95. The molecule has 49 heavy (non-hydrogen) atoms. The van der Waals surface area contributed by atoms with Gasteiger partial charge in [0, 0.05) is 23.8 Å². The van der Waals surface area contributed by atoms with E-state index in [0.29, 0.717) is 6.42 Å². The zero-order valence-electron chi connectivity index (χ0n) is 28.0. The monoisotopic (exact) mass is 770 g/mol. The Hall–Kier alpha value is -1.89. The summed E-state index contributed by atoms with van der Waals surface area (Å²) in [5.74, 6) is 8.98. The normalized spacial score (nSPS) is 20.5. The van der Waals surface area contributed by atoms with Gasteiger partial charge >= 0.3 is 27.6 Å². The molecule has 0 amide bonds. The van der Waals surface area contributed by atoms with Crippen LogP contribution in [0.3, 0.4) is 0 Å². The molecule has 0 aromatic rings. The minimum Gasteiger partial charge on any atom is -0.456 e. The highest BCUT2D eigenvalue weighted by Crippen LogP contribution is 2.48. The maximum Gasteiger partial charge on any atom is 0.472 e. The lowest BCUT2D eigenvalue weighted by Gasteiger charge is -2.37. The Morgan fingerprint density at radius 1 is 0.796 bits per heavy atom. The average molecular weight is 771 g/mol. The first-order valence-electron chi connectivity index (χ1n) is 16.4. The average Bonchev–Trinajstić information content (AvgIpc) is 3.02. The number of rotatable bonds is 24. The summed E-state index contributed by atoms with van der Waals surface area (Å²) >= 11 is 0. The van der Waals surface area contributed by atoms with Crippen molar-refractivity contribution in [2.45, 2.75) is 140 Å². The molecule has 0 aliphatic heterocycles. The Kier molecular flexibility index (Phi) is 25.8. The van der Waals surface area contributed by atoms with E-state index >= 15 is 0 Å². The maximum atomic E-state index is 12.6. The van der Waals surface area contributed by atoms with Crippen molar-refractivity contribution in [1.82, 2.24) is 0 Å². The van der Waals surface area contributed by atoms with E-state index in [9.17, 15) is 33.8 Å². The maximum absolute atomic E-state index is 12.6. The number of hydrogen-bond acceptors (Lipinski definition) is 11. The number of carbonyl (C=O) groups excluding carboxylic acids is 2. The van der Waals surface area contributed by atoms with E-state index in [1.165, 1.54) is 51.4 Å². The largest absolute Gasteiger partial charge is 0.472 e. The van der Waals surface area contributed by atoms with Gasteiger partial charge in [0.2, 0.25) is 0 Å². The van der Waals surface area contributed by atoms with Gasteiger partial charge in [-0.25, -0.2) is 13.9 Å². The molecule has 1 rings (SSSR count). The van der Waals surface area contributed by atoms with Crippen LogP contribution in [0.2, 0.25) is 0 Å². The molecule has 3 unspecified atom stereocenters. The summed E-state index contributed by atoms with van der Waals surface area (Å²) in [4.78, 5) is 52.6. The van der Waals surface area contributed by atoms with Crippen LogP contribution in [-0.4, -0.2) is 80.6 Å². The minimum atomic E-state index is -4.98.